The second kappa shape index (κ2) is 8.01. The van der Waals surface area contributed by atoms with E-state index in [0.29, 0.717) is 13.0 Å². The first-order chi connectivity index (χ1) is 13.6. The Balaban J connectivity index is 1.51. The van der Waals surface area contributed by atoms with Crippen molar-refractivity contribution in [2.24, 2.45) is 5.92 Å². The van der Waals surface area contributed by atoms with Crippen molar-refractivity contribution in [1.82, 2.24) is 14.8 Å². The summed E-state index contributed by atoms with van der Waals surface area (Å²) in [6, 6.07) is 9.63. The van der Waals surface area contributed by atoms with E-state index in [0.717, 1.165) is 35.8 Å². The molecule has 2 saturated heterocycles. The third kappa shape index (κ3) is 3.69. The van der Waals surface area contributed by atoms with E-state index in [4.69, 9.17) is 4.74 Å². The Labute approximate surface area is 169 Å². The van der Waals surface area contributed by atoms with E-state index in [2.05, 4.69) is 15.3 Å². The summed E-state index contributed by atoms with van der Waals surface area (Å²) in [6.07, 6.45) is 1.48. The number of thiazole rings is 1. The lowest BCUT2D eigenvalue weighted by Crippen LogP contribution is -2.54. The fourth-order valence-electron chi connectivity index (χ4n) is 4.50. The molecule has 0 N–H and O–H groups in total. The standard InChI is InChI=1S/C21H25N3O3S/c1-14-22-16(13-28-14)8-9-23-11-17-10-18(21(26)27-2)20(24(17)19(25)12-23)15-6-4-3-5-7-15/h3-7,13,17-18,20H,8-12H2,1-2H3/t17-,18-,20-/m0/s1. The van der Waals surface area contributed by atoms with E-state index in [9.17, 15) is 9.59 Å². The fourth-order valence-corrected chi connectivity index (χ4v) is 5.15. The molecule has 7 heteroatoms. The molecule has 2 fully saturated rings. The molecule has 2 aliphatic rings. The molecule has 2 aromatic rings. The average Bonchev–Trinajstić information content (AvgIpc) is 3.30. The van der Waals surface area contributed by atoms with Gasteiger partial charge in [0.15, 0.2) is 0 Å². The van der Waals surface area contributed by atoms with Crippen LogP contribution in [0.15, 0.2) is 35.7 Å². The van der Waals surface area contributed by atoms with E-state index >= 15 is 0 Å². The van der Waals surface area contributed by atoms with Gasteiger partial charge in [-0.15, -0.1) is 11.3 Å². The molecule has 0 spiro atoms. The molecule has 0 aliphatic carbocycles. The number of rotatable bonds is 5. The molecule has 1 amide bonds. The lowest BCUT2D eigenvalue weighted by atomic mass is 9.93. The van der Waals surface area contributed by atoms with Crippen molar-refractivity contribution in [2.45, 2.75) is 31.8 Å². The zero-order valence-corrected chi connectivity index (χ0v) is 17.0. The number of amides is 1. The molecule has 0 radical (unpaired) electrons. The number of benzene rings is 1. The van der Waals surface area contributed by atoms with Gasteiger partial charge < -0.3 is 9.64 Å². The summed E-state index contributed by atoms with van der Waals surface area (Å²) >= 11 is 1.65. The number of hydrogen-bond acceptors (Lipinski definition) is 6. The third-order valence-corrected chi connectivity index (χ3v) is 6.53. The minimum Gasteiger partial charge on any atom is -0.469 e. The number of ether oxygens (including phenoxy) is 1. The molecule has 1 aromatic heterocycles. The summed E-state index contributed by atoms with van der Waals surface area (Å²) in [4.78, 5) is 34.2. The maximum atomic E-state index is 13.1. The molecule has 3 heterocycles. The number of aryl methyl sites for hydroxylation is 1. The number of fused-ring (bicyclic) bond motifs is 1. The normalized spacial score (nSPS) is 25.0. The molecule has 3 atom stereocenters. The second-order valence-electron chi connectivity index (χ2n) is 7.52. The van der Waals surface area contributed by atoms with E-state index in [1.54, 1.807) is 11.3 Å². The molecular formula is C21H25N3O3S. The number of carbonyl (C=O) groups excluding carboxylic acids is 2. The summed E-state index contributed by atoms with van der Waals surface area (Å²) in [5, 5.41) is 3.15. The van der Waals surface area contributed by atoms with Crippen molar-refractivity contribution >= 4 is 23.2 Å². The highest BCUT2D eigenvalue weighted by molar-refractivity contribution is 7.09. The molecule has 0 unspecified atom stereocenters. The largest absolute Gasteiger partial charge is 0.469 e. The predicted molar refractivity (Wildman–Crippen MR) is 107 cm³/mol. The van der Waals surface area contributed by atoms with Crippen LogP contribution >= 0.6 is 11.3 Å². The van der Waals surface area contributed by atoms with Gasteiger partial charge in [-0.3, -0.25) is 14.5 Å². The van der Waals surface area contributed by atoms with Crippen LogP contribution in [0.25, 0.3) is 0 Å². The number of methoxy groups -OCH3 is 1. The lowest BCUT2D eigenvalue weighted by Gasteiger charge is -2.40. The molecule has 4 rings (SSSR count). The Morgan fingerprint density at radius 1 is 1.32 bits per heavy atom. The fraction of sp³-hybridized carbons (Fsp3) is 0.476. The average molecular weight is 400 g/mol. The van der Waals surface area contributed by atoms with Crippen molar-refractivity contribution in [2.75, 3.05) is 26.7 Å². The maximum absolute atomic E-state index is 13.1. The molecule has 28 heavy (non-hydrogen) atoms. The van der Waals surface area contributed by atoms with Crippen LogP contribution in [0.4, 0.5) is 0 Å². The highest BCUT2D eigenvalue weighted by Gasteiger charge is 2.50. The number of aromatic nitrogens is 1. The van der Waals surface area contributed by atoms with Gasteiger partial charge in [-0.05, 0) is 18.9 Å². The second-order valence-corrected chi connectivity index (χ2v) is 8.58. The summed E-state index contributed by atoms with van der Waals surface area (Å²) in [5.41, 5.74) is 2.08. The van der Waals surface area contributed by atoms with Gasteiger partial charge >= 0.3 is 5.97 Å². The van der Waals surface area contributed by atoms with E-state index in [1.807, 2.05) is 42.2 Å². The Kier molecular flexibility index (Phi) is 5.46. The van der Waals surface area contributed by atoms with Crippen molar-refractivity contribution in [3.63, 3.8) is 0 Å². The monoisotopic (exact) mass is 399 g/mol. The van der Waals surface area contributed by atoms with Gasteiger partial charge in [0.2, 0.25) is 5.91 Å². The summed E-state index contributed by atoms with van der Waals surface area (Å²) < 4.78 is 5.06. The predicted octanol–water partition coefficient (Wildman–Crippen LogP) is 2.44. The Bertz CT molecular complexity index is 854. The highest BCUT2D eigenvalue weighted by atomic mass is 32.1. The number of esters is 1. The van der Waals surface area contributed by atoms with Crippen LogP contribution in [0.2, 0.25) is 0 Å². The molecule has 0 saturated carbocycles. The van der Waals surface area contributed by atoms with E-state index < -0.39 is 0 Å². The Morgan fingerprint density at radius 3 is 2.79 bits per heavy atom. The van der Waals surface area contributed by atoms with Crippen molar-refractivity contribution in [3.05, 3.63) is 52.0 Å². The SMILES string of the molecule is COC(=O)[C@H]1C[C@H]2CN(CCc3csc(C)n3)CC(=O)N2[C@H]1c1ccccc1. The van der Waals surface area contributed by atoms with Gasteiger partial charge in [-0.1, -0.05) is 30.3 Å². The molecule has 148 valence electrons. The van der Waals surface area contributed by atoms with Gasteiger partial charge in [0, 0.05) is 30.9 Å². The van der Waals surface area contributed by atoms with Crippen LogP contribution in [0.3, 0.4) is 0 Å². The first-order valence-corrected chi connectivity index (χ1v) is 10.5. The Morgan fingerprint density at radius 2 is 2.11 bits per heavy atom. The first-order valence-electron chi connectivity index (χ1n) is 9.64. The summed E-state index contributed by atoms with van der Waals surface area (Å²) in [6.45, 7) is 3.98. The zero-order chi connectivity index (χ0) is 19.7. The van der Waals surface area contributed by atoms with Crippen LogP contribution in [0.5, 0.6) is 0 Å². The Hall–Kier alpha value is -2.25. The van der Waals surface area contributed by atoms with Gasteiger partial charge in [-0.2, -0.15) is 0 Å². The van der Waals surface area contributed by atoms with E-state index in [1.165, 1.54) is 7.11 Å². The topological polar surface area (TPSA) is 62.7 Å². The number of carbonyl (C=O) groups is 2. The van der Waals surface area contributed by atoms with E-state index in [-0.39, 0.29) is 29.9 Å². The number of hydrogen-bond donors (Lipinski definition) is 0. The van der Waals surface area contributed by atoms with Crippen LogP contribution in [-0.4, -0.2) is 59.4 Å². The van der Waals surface area contributed by atoms with Gasteiger partial charge in [0.25, 0.3) is 0 Å². The van der Waals surface area contributed by atoms with Crippen molar-refractivity contribution in [3.8, 4) is 0 Å². The first kappa shape index (κ1) is 19.1. The zero-order valence-electron chi connectivity index (χ0n) is 16.2. The highest BCUT2D eigenvalue weighted by Crippen LogP contribution is 2.43. The minimum atomic E-state index is -0.317. The molecule has 1 aromatic carbocycles. The van der Waals surface area contributed by atoms with Crippen molar-refractivity contribution < 1.29 is 14.3 Å². The van der Waals surface area contributed by atoms with Crippen LogP contribution in [0.1, 0.15) is 28.7 Å². The van der Waals surface area contributed by atoms with Crippen LogP contribution in [-0.2, 0) is 20.7 Å². The number of piperazine rings is 1. The molecule has 0 bridgehead atoms. The van der Waals surface area contributed by atoms with Crippen LogP contribution in [0, 0.1) is 12.8 Å². The minimum absolute atomic E-state index is 0.0349. The molecule has 2 aliphatic heterocycles. The lowest BCUT2D eigenvalue weighted by molar-refractivity contribution is -0.147. The van der Waals surface area contributed by atoms with Crippen molar-refractivity contribution in [1.29, 1.82) is 0 Å². The van der Waals surface area contributed by atoms with Gasteiger partial charge in [-0.25, -0.2) is 4.98 Å². The van der Waals surface area contributed by atoms with Gasteiger partial charge in [0.1, 0.15) is 0 Å². The summed E-state index contributed by atoms with van der Waals surface area (Å²) in [7, 11) is 1.42. The van der Waals surface area contributed by atoms with Gasteiger partial charge in [0.05, 0.1) is 36.3 Å². The third-order valence-electron chi connectivity index (χ3n) is 5.71. The quantitative estimate of drug-likeness (QED) is 0.723. The molecule has 6 nitrogen and oxygen atoms in total. The van der Waals surface area contributed by atoms with Crippen LogP contribution < -0.4 is 0 Å². The smallest absolute Gasteiger partial charge is 0.311 e. The summed E-state index contributed by atoms with van der Waals surface area (Å²) in [5.74, 6) is -0.464. The number of nitrogens with zero attached hydrogens (tertiary/aromatic N) is 3. The molecular weight excluding hydrogens is 374 g/mol. The maximum Gasteiger partial charge on any atom is 0.311 e.